The topological polar surface area (TPSA) is 176 Å². The third-order valence-electron chi connectivity index (χ3n) is 7.14. The number of hydrogen-bond donors (Lipinski definition) is 5. The second-order valence-electron chi connectivity index (χ2n) is 11.9. The molecule has 0 bridgehead atoms. The number of fused-ring (bicyclic) bond motifs is 2. The van der Waals surface area contributed by atoms with E-state index in [1.165, 1.54) is 4.90 Å². The zero-order chi connectivity index (χ0) is 35.1. The first-order valence-electron chi connectivity index (χ1n) is 15.7. The van der Waals surface area contributed by atoms with Gasteiger partial charge in [-0.1, -0.05) is 0 Å². The van der Waals surface area contributed by atoms with Crippen LogP contribution in [-0.4, -0.2) is 53.0 Å². The Kier molecular flexibility index (Phi) is 10.6. The number of nitrogens with zero attached hydrogens (tertiary/aromatic N) is 3. The van der Waals surface area contributed by atoms with Crippen LogP contribution in [0.3, 0.4) is 0 Å². The zero-order valence-electron chi connectivity index (χ0n) is 27.8. The van der Waals surface area contributed by atoms with Gasteiger partial charge in [0.25, 0.3) is 0 Å². The van der Waals surface area contributed by atoms with Crippen LogP contribution in [0.25, 0.3) is 0 Å². The molecule has 5 N–H and O–H groups in total. The number of ether oxygens (including phenoxy) is 2. The van der Waals surface area contributed by atoms with Crippen LogP contribution in [0.4, 0.5) is 32.6 Å². The molecule has 14 heteroatoms. The van der Waals surface area contributed by atoms with Crippen molar-refractivity contribution >= 4 is 46.9 Å². The Hall–Kier alpha value is -6.18. The molecule has 2 aromatic carbocycles. The minimum absolute atomic E-state index is 0.00531. The molecule has 0 atom stereocenters. The summed E-state index contributed by atoms with van der Waals surface area (Å²) in [5, 5.41) is 13.7. The number of hydrogen-bond acceptors (Lipinski definition) is 8. The van der Waals surface area contributed by atoms with Crippen LogP contribution >= 0.6 is 0 Å². The van der Waals surface area contributed by atoms with Gasteiger partial charge in [0.2, 0.25) is 11.8 Å². The summed E-state index contributed by atoms with van der Waals surface area (Å²) in [4.78, 5) is 56.5. The van der Waals surface area contributed by atoms with E-state index in [-0.39, 0.29) is 48.8 Å². The Morgan fingerprint density at radius 2 is 1.20 bits per heavy atom. The summed E-state index contributed by atoms with van der Waals surface area (Å²) in [7, 11) is 1.70. The van der Waals surface area contributed by atoms with Gasteiger partial charge in [-0.2, -0.15) is 0 Å². The molecule has 0 spiro atoms. The average molecular weight is 667 g/mol. The maximum atomic E-state index is 11.8. The first-order chi connectivity index (χ1) is 23.4. The van der Waals surface area contributed by atoms with Crippen LogP contribution in [0.5, 0.6) is 23.0 Å². The quantitative estimate of drug-likeness (QED) is 0.156. The van der Waals surface area contributed by atoms with E-state index >= 15 is 0 Å². The maximum Gasteiger partial charge on any atom is 0.319 e. The van der Waals surface area contributed by atoms with Gasteiger partial charge in [0.05, 0.1) is 12.8 Å². The monoisotopic (exact) mass is 666 g/mol. The van der Waals surface area contributed by atoms with E-state index in [1.807, 2.05) is 27.7 Å². The Balaban J connectivity index is 0.000000191. The van der Waals surface area contributed by atoms with Gasteiger partial charge in [-0.15, -0.1) is 0 Å². The van der Waals surface area contributed by atoms with E-state index in [4.69, 9.17) is 9.47 Å². The Morgan fingerprint density at radius 3 is 1.71 bits per heavy atom. The lowest BCUT2D eigenvalue weighted by Gasteiger charge is -2.12. The predicted octanol–water partition coefficient (Wildman–Crippen LogP) is 5.82. The number of likely N-dealkylation sites (N-methyl/N-ethyl adjacent to an activating group) is 1. The van der Waals surface area contributed by atoms with E-state index in [0.717, 1.165) is 11.1 Å². The third-order valence-corrected chi connectivity index (χ3v) is 7.14. The Bertz CT molecular complexity index is 1840. The van der Waals surface area contributed by atoms with Crippen molar-refractivity contribution in [2.45, 2.75) is 52.6 Å². The number of amides is 6. The third kappa shape index (κ3) is 9.00. The van der Waals surface area contributed by atoms with E-state index in [9.17, 15) is 19.2 Å². The second-order valence-corrected chi connectivity index (χ2v) is 11.9. The molecule has 14 nitrogen and oxygen atoms in total. The van der Waals surface area contributed by atoms with Gasteiger partial charge < -0.3 is 36.1 Å². The Labute approximate surface area is 283 Å². The van der Waals surface area contributed by atoms with Gasteiger partial charge in [-0.25, -0.2) is 19.6 Å². The fourth-order valence-corrected chi connectivity index (χ4v) is 4.91. The standard InChI is InChI=1S/C18H20N4O3.C17H18N4O3/c1-11(2)20-18(24)21-12-4-6-13(7-5-12)25-15-8-9-19-17-14(15)10-16(23)22(17)3;1-10(2)19-17(23)20-11-3-5-12(6-4-11)24-14-7-8-18-16-13(14)9-15(22)21-16/h4-9,11H,10H2,1-3H3,(H2,20,21,24);3-8,10H,9H2,1-2H3,(H,18,21,22)(H2,19,20,23). The summed E-state index contributed by atoms with van der Waals surface area (Å²) in [6.45, 7) is 7.57. The molecule has 6 amide bonds. The molecule has 0 unspecified atom stereocenters. The van der Waals surface area contributed by atoms with Crippen LogP contribution < -0.4 is 41.0 Å². The van der Waals surface area contributed by atoms with Gasteiger partial charge in [-0.3, -0.25) is 14.5 Å². The molecule has 254 valence electrons. The molecule has 2 aliphatic heterocycles. The minimum Gasteiger partial charge on any atom is -0.457 e. The highest BCUT2D eigenvalue weighted by Gasteiger charge is 2.28. The van der Waals surface area contributed by atoms with Crippen LogP contribution in [0.2, 0.25) is 0 Å². The van der Waals surface area contributed by atoms with Crippen molar-refractivity contribution in [3.63, 3.8) is 0 Å². The Morgan fingerprint density at radius 1 is 0.714 bits per heavy atom. The van der Waals surface area contributed by atoms with E-state index in [2.05, 4.69) is 36.6 Å². The van der Waals surface area contributed by atoms with Gasteiger partial charge in [0, 0.05) is 54.0 Å². The first-order valence-corrected chi connectivity index (χ1v) is 15.7. The highest BCUT2D eigenvalue weighted by atomic mass is 16.5. The molecule has 4 aromatic rings. The van der Waals surface area contributed by atoms with Crippen molar-refractivity contribution in [3.8, 4) is 23.0 Å². The highest BCUT2D eigenvalue weighted by molar-refractivity contribution is 6.00. The number of pyridine rings is 2. The fraction of sp³-hybridized carbons (Fsp3) is 0.257. The molecule has 2 aromatic heterocycles. The SMILES string of the molecule is CC(C)NC(=O)Nc1ccc(Oc2ccnc3c2CC(=O)N3)cc1.CC(C)NC(=O)Nc1ccc(Oc2ccnc3c2CC(=O)N3C)cc1. The van der Waals surface area contributed by atoms with Crippen LogP contribution in [0, 0.1) is 0 Å². The van der Waals surface area contributed by atoms with E-state index in [0.29, 0.717) is 46.0 Å². The number of carbonyl (C=O) groups excluding carboxylic acids is 4. The normalized spacial score (nSPS) is 12.8. The lowest BCUT2D eigenvalue weighted by Crippen LogP contribution is -2.34. The molecular formula is C35H38N8O6. The van der Waals surface area contributed by atoms with Crippen LogP contribution in [0.1, 0.15) is 38.8 Å². The fourth-order valence-electron chi connectivity index (χ4n) is 4.91. The van der Waals surface area contributed by atoms with Crippen molar-refractivity contribution in [2.75, 3.05) is 27.9 Å². The van der Waals surface area contributed by atoms with Crippen molar-refractivity contribution in [3.05, 3.63) is 84.2 Å². The summed E-state index contributed by atoms with van der Waals surface area (Å²) < 4.78 is 11.7. The summed E-state index contributed by atoms with van der Waals surface area (Å²) >= 11 is 0. The van der Waals surface area contributed by atoms with E-state index < -0.39 is 0 Å². The number of rotatable bonds is 8. The van der Waals surface area contributed by atoms with Crippen molar-refractivity contribution in [1.29, 1.82) is 0 Å². The summed E-state index contributed by atoms with van der Waals surface area (Å²) in [6.07, 6.45) is 3.75. The molecule has 6 rings (SSSR count). The summed E-state index contributed by atoms with van der Waals surface area (Å²) in [6, 6.07) is 17.1. The van der Waals surface area contributed by atoms with Gasteiger partial charge in [-0.05, 0) is 88.4 Å². The zero-order valence-corrected chi connectivity index (χ0v) is 27.8. The predicted molar refractivity (Wildman–Crippen MR) is 186 cm³/mol. The lowest BCUT2D eigenvalue weighted by molar-refractivity contribution is -0.117. The van der Waals surface area contributed by atoms with Gasteiger partial charge in [0.15, 0.2) is 0 Å². The minimum atomic E-state index is -0.254. The molecule has 0 aliphatic carbocycles. The summed E-state index contributed by atoms with van der Waals surface area (Å²) in [5.41, 5.74) is 2.87. The molecule has 4 heterocycles. The first kappa shape index (κ1) is 34.2. The second kappa shape index (κ2) is 15.2. The number of anilines is 4. The number of aromatic nitrogens is 2. The van der Waals surface area contributed by atoms with Crippen LogP contribution in [0.15, 0.2) is 73.1 Å². The number of carbonyl (C=O) groups is 4. The molecular weight excluding hydrogens is 628 g/mol. The van der Waals surface area contributed by atoms with E-state index in [1.54, 1.807) is 80.1 Å². The largest absolute Gasteiger partial charge is 0.457 e. The van der Waals surface area contributed by atoms with Crippen molar-refractivity contribution in [2.24, 2.45) is 0 Å². The molecule has 0 radical (unpaired) electrons. The molecule has 2 aliphatic rings. The molecule has 0 fully saturated rings. The maximum absolute atomic E-state index is 11.8. The number of benzene rings is 2. The number of nitrogens with one attached hydrogen (secondary N) is 5. The van der Waals surface area contributed by atoms with Crippen molar-refractivity contribution in [1.82, 2.24) is 20.6 Å². The smallest absolute Gasteiger partial charge is 0.319 e. The molecule has 0 saturated heterocycles. The van der Waals surface area contributed by atoms with Crippen molar-refractivity contribution < 1.29 is 28.7 Å². The lowest BCUT2D eigenvalue weighted by atomic mass is 10.2. The molecule has 0 saturated carbocycles. The van der Waals surface area contributed by atoms with Gasteiger partial charge in [0.1, 0.15) is 34.6 Å². The van der Waals surface area contributed by atoms with Gasteiger partial charge >= 0.3 is 12.1 Å². The summed E-state index contributed by atoms with van der Waals surface area (Å²) in [5.74, 6) is 3.51. The average Bonchev–Trinajstić information content (AvgIpc) is 3.57. The highest BCUT2D eigenvalue weighted by Crippen LogP contribution is 2.36. The molecule has 49 heavy (non-hydrogen) atoms. The number of urea groups is 2. The van der Waals surface area contributed by atoms with Crippen LogP contribution in [-0.2, 0) is 22.4 Å².